The number of carbonyl (C=O) groups is 2. The number of nitrogens with two attached hydrogens (primary N) is 1. The van der Waals surface area contributed by atoms with Crippen LogP contribution in [0.3, 0.4) is 0 Å². The lowest BCUT2D eigenvalue weighted by molar-refractivity contribution is -0.138. The van der Waals surface area contributed by atoms with Crippen molar-refractivity contribution < 1.29 is 14.7 Å². The minimum Gasteiger partial charge on any atom is -0.481 e. The first-order chi connectivity index (χ1) is 7.70. The standard InChI is InChI=1S/C12H22N2O3/c1-5-8-14(12(2,3)4)11(17)9(13)6-7-10(15)16/h5,9H,1,6-8,13H2,2-4H3,(H,15,16). The van der Waals surface area contributed by atoms with Gasteiger partial charge in [0.2, 0.25) is 5.91 Å². The largest absolute Gasteiger partial charge is 0.481 e. The minimum atomic E-state index is -0.945. The number of nitrogens with zero attached hydrogens (tertiary/aromatic N) is 1. The average Bonchev–Trinajstić information content (AvgIpc) is 2.19. The SMILES string of the molecule is C=CCN(C(=O)C(N)CCC(=O)O)C(C)(C)C. The molecule has 0 aliphatic heterocycles. The quantitative estimate of drug-likeness (QED) is 0.680. The summed E-state index contributed by atoms with van der Waals surface area (Å²) in [7, 11) is 0. The van der Waals surface area contributed by atoms with Crippen molar-refractivity contribution in [2.24, 2.45) is 5.73 Å². The zero-order valence-electron chi connectivity index (χ0n) is 10.8. The monoisotopic (exact) mass is 242 g/mol. The first kappa shape index (κ1) is 15.6. The molecule has 0 fully saturated rings. The molecule has 5 nitrogen and oxygen atoms in total. The Hall–Kier alpha value is -1.36. The van der Waals surface area contributed by atoms with Gasteiger partial charge in [-0.15, -0.1) is 6.58 Å². The van der Waals surface area contributed by atoms with E-state index in [0.717, 1.165) is 0 Å². The topological polar surface area (TPSA) is 83.6 Å². The molecule has 98 valence electrons. The molecule has 0 rings (SSSR count). The normalized spacial score (nSPS) is 12.9. The zero-order valence-corrected chi connectivity index (χ0v) is 10.8. The van der Waals surface area contributed by atoms with Crippen LogP contribution >= 0.6 is 0 Å². The highest BCUT2D eigenvalue weighted by Gasteiger charge is 2.29. The van der Waals surface area contributed by atoms with E-state index >= 15 is 0 Å². The van der Waals surface area contributed by atoms with Gasteiger partial charge < -0.3 is 15.7 Å². The molecule has 17 heavy (non-hydrogen) atoms. The number of hydrogen-bond donors (Lipinski definition) is 2. The Morgan fingerprint density at radius 2 is 2.00 bits per heavy atom. The maximum Gasteiger partial charge on any atom is 0.303 e. The molecule has 0 aromatic heterocycles. The molecule has 1 unspecified atom stereocenters. The van der Waals surface area contributed by atoms with Gasteiger partial charge in [0, 0.05) is 18.5 Å². The maximum absolute atomic E-state index is 12.1. The van der Waals surface area contributed by atoms with Crippen LogP contribution in [0.4, 0.5) is 0 Å². The number of hydrogen-bond acceptors (Lipinski definition) is 3. The second-order valence-corrected chi connectivity index (χ2v) is 4.95. The van der Waals surface area contributed by atoms with Gasteiger partial charge in [0.15, 0.2) is 0 Å². The second-order valence-electron chi connectivity index (χ2n) is 4.95. The van der Waals surface area contributed by atoms with Gasteiger partial charge >= 0.3 is 5.97 Å². The van der Waals surface area contributed by atoms with Crippen LogP contribution in [0.15, 0.2) is 12.7 Å². The van der Waals surface area contributed by atoms with Crippen molar-refractivity contribution in [2.75, 3.05) is 6.54 Å². The summed E-state index contributed by atoms with van der Waals surface area (Å²) in [6, 6.07) is -0.773. The molecule has 0 aromatic rings. The number of rotatable bonds is 6. The molecule has 1 amide bonds. The lowest BCUT2D eigenvalue weighted by atomic mass is 10.0. The average molecular weight is 242 g/mol. The Morgan fingerprint density at radius 3 is 2.35 bits per heavy atom. The highest BCUT2D eigenvalue weighted by molar-refractivity contribution is 5.83. The molecule has 0 aliphatic rings. The van der Waals surface area contributed by atoms with Crippen LogP contribution in [0.2, 0.25) is 0 Å². The molecule has 1 atom stereocenters. The number of carbonyl (C=O) groups excluding carboxylic acids is 1. The van der Waals surface area contributed by atoms with E-state index in [1.807, 2.05) is 20.8 Å². The Labute approximate surface area is 102 Å². The van der Waals surface area contributed by atoms with E-state index in [2.05, 4.69) is 6.58 Å². The van der Waals surface area contributed by atoms with Crippen molar-refractivity contribution in [3.8, 4) is 0 Å². The van der Waals surface area contributed by atoms with Crippen molar-refractivity contribution in [3.05, 3.63) is 12.7 Å². The van der Waals surface area contributed by atoms with E-state index < -0.39 is 12.0 Å². The smallest absolute Gasteiger partial charge is 0.303 e. The lowest BCUT2D eigenvalue weighted by Crippen LogP contribution is -2.52. The van der Waals surface area contributed by atoms with Crippen molar-refractivity contribution in [1.29, 1.82) is 0 Å². The summed E-state index contributed by atoms with van der Waals surface area (Å²) in [4.78, 5) is 24.1. The van der Waals surface area contributed by atoms with Gasteiger partial charge in [0.1, 0.15) is 0 Å². The Bertz CT molecular complexity index is 295. The molecule has 0 aromatic carbocycles. The minimum absolute atomic E-state index is 0.0982. The van der Waals surface area contributed by atoms with Crippen molar-refractivity contribution >= 4 is 11.9 Å². The third-order valence-electron chi connectivity index (χ3n) is 2.37. The van der Waals surface area contributed by atoms with Gasteiger partial charge in [-0.05, 0) is 27.2 Å². The summed E-state index contributed by atoms with van der Waals surface area (Å²) in [6.45, 7) is 9.71. The first-order valence-corrected chi connectivity index (χ1v) is 5.60. The molecule has 0 saturated carbocycles. The number of carboxylic acids is 1. The first-order valence-electron chi connectivity index (χ1n) is 5.60. The molecule has 0 bridgehead atoms. The molecule has 0 saturated heterocycles. The molecular formula is C12H22N2O3. The summed E-state index contributed by atoms with van der Waals surface area (Å²) in [5, 5.41) is 8.55. The molecule has 3 N–H and O–H groups in total. The summed E-state index contributed by atoms with van der Waals surface area (Å²) in [6.07, 6.45) is 1.68. The van der Waals surface area contributed by atoms with E-state index in [1.165, 1.54) is 0 Å². The fourth-order valence-electron chi connectivity index (χ4n) is 1.43. The third kappa shape index (κ3) is 5.49. The van der Waals surface area contributed by atoms with Crippen LogP contribution in [0.25, 0.3) is 0 Å². The van der Waals surface area contributed by atoms with Crippen LogP contribution < -0.4 is 5.73 Å². The number of amides is 1. The molecular weight excluding hydrogens is 220 g/mol. The zero-order chi connectivity index (χ0) is 13.6. The Kier molecular flexibility index (Phi) is 5.88. The van der Waals surface area contributed by atoms with E-state index in [4.69, 9.17) is 10.8 Å². The molecule has 0 radical (unpaired) electrons. The molecule has 0 spiro atoms. The summed E-state index contributed by atoms with van der Waals surface area (Å²) in [5.74, 6) is -1.18. The summed E-state index contributed by atoms with van der Waals surface area (Å²) < 4.78 is 0. The fraction of sp³-hybridized carbons (Fsp3) is 0.667. The van der Waals surface area contributed by atoms with E-state index in [0.29, 0.717) is 6.54 Å². The highest BCUT2D eigenvalue weighted by Crippen LogP contribution is 2.15. The lowest BCUT2D eigenvalue weighted by Gasteiger charge is -2.36. The van der Waals surface area contributed by atoms with E-state index in [1.54, 1.807) is 11.0 Å². The van der Waals surface area contributed by atoms with Gasteiger partial charge in [-0.25, -0.2) is 0 Å². The van der Waals surface area contributed by atoms with E-state index in [9.17, 15) is 9.59 Å². The van der Waals surface area contributed by atoms with Gasteiger partial charge in [-0.2, -0.15) is 0 Å². The number of aliphatic carboxylic acids is 1. The van der Waals surface area contributed by atoms with Crippen LogP contribution in [0.5, 0.6) is 0 Å². The molecule has 0 heterocycles. The maximum atomic E-state index is 12.1. The van der Waals surface area contributed by atoms with Gasteiger partial charge in [0.25, 0.3) is 0 Å². The van der Waals surface area contributed by atoms with Crippen LogP contribution in [0, 0.1) is 0 Å². The highest BCUT2D eigenvalue weighted by atomic mass is 16.4. The van der Waals surface area contributed by atoms with Gasteiger partial charge in [-0.3, -0.25) is 9.59 Å². The van der Waals surface area contributed by atoms with Crippen LogP contribution in [0.1, 0.15) is 33.6 Å². The van der Waals surface area contributed by atoms with Crippen LogP contribution in [-0.4, -0.2) is 40.0 Å². The Morgan fingerprint density at radius 1 is 1.47 bits per heavy atom. The second kappa shape index (κ2) is 6.39. The third-order valence-corrected chi connectivity index (χ3v) is 2.37. The fourth-order valence-corrected chi connectivity index (χ4v) is 1.43. The van der Waals surface area contributed by atoms with E-state index in [-0.39, 0.29) is 24.3 Å². The molecule has 5 heteroatoms. The summed E-state index contributed by atoms with van der Waals surface area (Å²) in [5.41, 5.74) is 5.35. The predicted molar refractivity (Wildman–Crippen MR) is 66.5 cm³/mol. The van der Waals surface area contributed by atoms with Crippen molar-refractivity contribution in [1.82, 2.24) is 4.90 Å². The van der Waals surface area contributed by atoms with Crippen molar-refractivity contribution in [2.45, 2.75) is 45.2 Å². The summed E-state index contributed by atoms with van der Waals surface area (Å²) >= 11 is 0. The Balaban J connectivity index is 4.61. The predicted octanol–water partition coefficient (Wildman–Crippen LogP) is 0.992. The van der Waals surface area contributed by atoms with Crippen LogP contribution in [-0.2, 0) is 9.59 Å². The van der Waals surface area contributed by atoms with Gasteiger partial charge in [-0.1, -0.05) is 6.08 Å². The van der Waals surface area contributed by atoms with Crippen molar-refractivity contribution in [3.63, 3.8) is 0 Å². The number of carboxylic acid groups (broad SMARTS) is 1. The molecule has 0 aliphatic carbocycles. The van der Waals surface area contributed by atoms with Gasteiger partial charge in [0.05, 0.1) is 6.04 Å².